The van der Waals surface area contributed by atoms with Gasteiger partial charge in [0.25, 0.3) is 0 Å². The average molecular weight is 296 g/mol. The number of hydrogen-bond donors (Lipinski definition) is 2. The Balaban J connectivity index is 1.86. The smallest absolute Gasteiger partial charge is 0.0471 e. The Morgan fingerprint density at radius 3 is 2.62 bits per heavy atom. The molecule has 0 spiro atoms. The van der Waals surface area contributed by atoms with E-state index in [1.165, 1.54) is 64.6 Å². The molecule has 2 rings (SSSR count). The van der Waals surface area contributed by atoms with Crippen LogP contribution in [0.3, 0.4) is 0 Å². The van der Waals surface area contributed by atoms with Gasteiger partial charge in [0, 0.05) is 25.7 Å². The van der Waals surface area contributed by atoms with Gasteiger partial charge in [-0.25, -0.2) is 0 Å². The Kier molecular flexibility index (Phi) is 7.48. The van der Waals surface area contributed by atoms with Crippen LogP contribution >= 0.6 is 0 Å². The van der Waals surface area contributed by atoms with Crippen molar-refractivity contribution in [3.8, 4) is 0 Å². The number of aliphatic hydroxyl groups is 1. The Morgan fingerprint density at radius 1 is 1.10 bits per heavy atom. The monoisotopic (exact) mass is 296 g/mol. The van der Waals surface area contributed by atoms with E-state index in [-0.39, 0.29) is 0 Å². The zero-order valence-electron chi connectivity index (χ0n) is 14.2. The highest BCUT2D eigenvalue weighted by Crippen LogP contribution is 2.33. The molecular formula is C18H36N2O. The second kappa shape index (κ2) is 9.12. The summed E-state index contributed by atoms with van der Waals surface area (Å²) in [5, 5.41) is 13.1. The van der Waals surface area contributed by atoms with E-state index in [0.29, 0.717) is 12.5 Å². The first-order valence-electron chi connectivity index (χ1n) is 9.33. The van der Waals surface area contributed by atoms with Crippen molar-refractivity contribution in [1.29, 1.82) is 0 Å². The van der Waals surface area contributed by atoms with Crippen LogP contribution in [0.4, 0.5) is 0 Å². The minimum atomic E-state index is 0.372. The lowest BCUT2D eigenvalue weighted by molar-refractivity contribution is 0.142. The number of rotatable bonds is 8. The largest absolute Gasteiger partial charge is 0.396 e. The van der Waals surface area contributed by atoms with Crippen molar-refractivity contribution >= 4 is 0 Å². The molecule has 1 heterocycles. The molecule has 0 aromatic carbocycles. The van der Waals surface area contributed by atoms with E-state index < -0.39 is 0 Å². The van der Waals surface area contributed by atoms with Crippen molar-refractivity contribution in [3.05, 3.63) is 0 Å². The van der Waals surface area contributed by atoms with E-state index in [9.17, 15) is 5.11 Å². The van der Waals surface area contributed by atoms with Gasteiger partial charge in [0.05, 0.1) is 0 Å². The van der Waals surface area contributed by atoms with Crippen LogP contribution in [0.2, 0.25) is 0 Å². The molecule has 124 valence electrons. The second-order valence-corrected chi connectivity index (χ2v) is 7.39. The predicted molar refractivity (Wildman–Crippen MR) is 89.5 cm³/mol. The lowest BCUT2D eigenvalue weighted by Crippen LogP contribution is -2.45. The third kappa shape index (κ3) is 5.22. The molecule has 0 radical (unpaired) electrons. The molecule has 21 heavy (non-hydrogen) atoms. The van der Waals surface area contributed by atoms with Crippen LogP contribution in [0.25, 0.3) is 0 Å². The normalized spacial score (nSPS) is 34.4. The third-order valence-electron chi connectivity index (χ3n) is 5.57. The quantitative estimate of drug-likeness (QED) is 0.723. The van der Waals surface area contributed by atoms with E-state index in [1.807, 2.05) is 0 Å². The third-order valence-corrected chi connectivity index (χ3v) is 5.57. The van der Waals surface area contributed by atoms with E-state index in [1.54, 1.807) is 0 Å². The Labute approximate surface area is 131 Å². The number of nitrogens with one attached hydrogen (secondary N) is 1. The minimum Gasteiger partial charge on any atom is -0.396 e. The topological polar surface area (TPSA) is 35.5 Å². The maximum Gasteiger partial charge on any atom is 0.0471 e. The number of hydrogen-bond acceptors (Lipinski definition) is 3. The summed E-state index contributed by atoms with van der Waals surface area (Å²) in [5.41, 5.74) is 0. The molecule has 0 bridgehead atoms. The van der Waals surface area contributed by atoms with Crippen molar-refractivity contribution in [3.63, 3.8) is 0 Å². The summed E-state index contributed by atoms with van der Waals surface area (Å²) in [6.07, 6.45) is 9.37. The highest BCUT2D eigenvalue weighted by atomic mass is 16.3. The van der Waals surface area contributed by atoms with Crippen LogP contribution in [0.15, 0.2) is 0 Å². The average Bonchev–Trinajstić information content (AvgIpc) is 2.94. The summed E-state index contributed by atoms with van der Waals surface area (Å²) in [7, 11) is 0. The minimum absolute atomic E-state index is 0.372. The molecule has 2 N–H and O–H groups in total. The first-order chi connectivity index (χ1) is 10.3. The van der Waals surface area contributed by atoms with Gasteiger partial charge in [0.15, 0.2) is 0 Å². The molecule has 1 aliphatic carbocycles. The zero-order chi connectivity index (χ0) is 15.1. The van der Waals surface area contributed by atoms with Gasteiger partial charge in [-0.2, -0.15) is 0 Å². The van der Waals surface area contributed by atoms with Gasteiger partial charge in [-0.15, -0.1) is 0 Å². The second-order valence-electron chi connectivity index (χ2n) is 7.39. The molecule has 0 amide bonds. The Hall–Kier alpha value is -0.120. The molecule has 0 aromatic heterocycles. The van der Waals surface area contributed by atoms with Crippen molar-refractivity contribution in [2.45, 2.75) is 64.8 Å². The van der Waals surface area contributed by atoms with E-state index in [2.05, 4.69) is 24.1 Å². The highest BCUT2D eigenvalue weighted by molar-refractivity contribution is 4.88. The molecular weight excluding hydrogens is 260 g/mol. The van der Waals surface area contributed by atoms with Crippen LogP contribution < -0.4 is 5.32 Å². The standard InChI is InChI=1S/C18H36N2O/c1-3-5-15-6-7-18(19-9-4-2)17(11-15)13-20-10-8-16(12-20)14-21/h15-19,21H,3-14H2,1-2H3. The van der Waals surface area contributed by atoms with Gasteiger partial charge in [0.2, 0.25) is 0 Å². The molecule has 1 saturated carbocycles. The first kappa shape index (κ1) is 17.2. The summed E-state index contributed by atoms with van der Waals surface area (Å²) < 4.78 is 0. The molecule has 4 atom stereocenters. The summed E-state index contributed by atoms with van der Waals surface area (Å²) >= 11 is 0. The fraction of sp³-hybridized carbons (Fsp3) is 1.00. The lowest BCUT2D eigenvalue weighted by atomic mass is 9.76. The first-order valence-corrected chi connectivity index (χ1v) is 9.33. The van der Waals surface area contributed by atoms with Gasteiger partial charge in [-0.1, -0.05) is 26.7 Å². The lowest BCUT2D eigenvalue weighted by Gasteiger charge is -2.39. The highest BCUT2D eigenvalue weighted by Gasteiger charge is 2.32. The summed E-state index contributed by atoms with van der Waals surface area (Å²) in [6, 6.07) is 0.728. The van der Waals surface area contributed by atoms with Crippen LogP contribution in [0.5, 0.6) is 0 Å². The van der Waals surface area contributed by atoms with Gasteiger partial charge in [-0.3, -0.25) is 0 Å². The molecule has 3 nitrogen and oxygen atoms in total. The maximum atomic E-state index is 9.33. The van der Waals surface area contributed by atoms with Gasteiger partial charge in [-0.05, 0) is 62.9 Å². The van der Waals surface area contributed by atoms with Crippen molar-refractivity contribution < 1.29 is 5.11 Å². The molecule has 1 saturated heterocycles. The maximum absolute atomic E-state index is 9.33. The van der Waals surface area contributed by atoms with Gasteiger partial charge < -0.3 is 15.3 Å². The molecule has 1 aliphatic heterocycles. The zero-order valence-corrected chi connectivity index (χ0v) is 14.2. The molecule has 2 aliphatic rings. The van der Waals surface area contributed by atoms with Gasteiger partial charge in [0.1, 0.15) is 0 Å². The van der Waals surface area contributed by atoms with Crippen LogP contribution in [-0.2, 0) is 0 Å². The summed E-state index contributed by atoms with van der Waals surface area (Å²) in [5.74, 6) is 2.30. The summed E-state index contributed by atoms with van der Waals surface area (Å²) in [6.45, 7) is 9.68. The number of aliphatic hydroxyl groups excluding tert-OH is 1. The Morgan fingerprint density at radius 2 is 1.95 bits per heavy atom. The van der Waals surface area contributed by atoms with E-state index in [0.717, 1.165) is 24.4 Å². The van der Waals surface area contributed by atoms with Crippen LogP contribution in [0.1, 0.15) is 58.8 Å². The van der Waals surface area contributed by atoms with Crippen LogP contribution in [-0.4, -0.2) is 48.8 Å². The number of nitrogens with zero attached hydrogens (tertiary/aromatic N) is 1. The molecule has 2 fully saturated rings. The molecule has 0 aromatic rings. The SMILES string of the molecule is CCCNC1CCC(CCC)CC1CN1CCC(CO)C1. The fourth-order valence-corrected chi connectivity index (χ4v) is 4.39. The van der Waals surface area contributed by atoms with E-state index in [4.69, 9.17) is 0 Å². The summed E-state index contributed by atoms with van der Waals surface area (Å²) in [4.78, 5) is 2.61. The van der Waals surface area contributed by atoms with Gasteiger partial charge >= 0.3 is 0 Å². The molecule has 4 unspecified atom stereocenters. The van der Waals surface area contributed by atoms with Crippen molar-refractivity contribution in [1.82, 2.24) is 10.2 Å². The van der Waals surface area contributed by atoms with Crippen molar-refractivity contribution in [2.75, 3.05) is 32.8 Å². The Bertz CT molecular complexity index is 284. The number of likely N-dealkylation sites (tertiary alicyclic amines) is 1. The van der Waals surface area contributed by atoms with Crippen molar-refractivity contribution in [2.24, 2.45) is 17.8 Å². The van der Waals surface area contributed by atoms with Crippen LogP contribution in [0, 0.1) is 17.8 Å². The predicted octanol–water partition coefficient (Wildman–Crippen LogP) is 2.89. The fourth-order valence-electron chi connectivity index (χ4n) is 4.39. The molecule has 3 heteroatoms. The van der Waals surface area contributed by atoms with E-state index >= 15 is 0 Å².